The molecule has 3 rings (SSSR count). The predicted octanol–water partition coefficient (Wildman–Crippen LogP) is 3.05. The SMILES string of the molecule is CCCn1nc(CCNC(=O)CCCc2ccccc2)c2c1CCOC2. The van der Waals surface area contributed by atoms with Gasteiger partial charge in [0.1, 0.15) is 0 Å². The molecule has 140 valence electrons. The number of nitrogens with one attached hydrogen (secondary N) is 1. The van der Waals surface area contributed by atoms with Crippen molar-refractivity contribution in [1.82, 2.24) is 15.1 Å². The van der Waals surface area contributed by atoms with E-state index >= 15 is 0 Å². The Hall–Kier alpha value is -2.14. The quantitative estimate of drug-likeness (QED) is 0.752. The molecule has 1 aliphatic heterocycles. The monoisotopic (exact) mass is 355 g/mol. The van der Waals surface area contributed by atoms with Crippen molar-refractivity contribution in [2.24, 2.45) is 0 Å². The summed E-state index contributed by atoms with van der Waals surface area (Å²) in [6.45, 7) is 5.19. The fraction of sp³-hybridized carbons (Fsp3) is 0.524. The molecule has 1 amide bonds. The third-order valence-electron chi connectivity index (χ3n) is 4.81. The zero-order valence-electron chi connectivity index (χ0n) is 15.7. The number of fused-ring (bicyclic) bond motifs is 1. The number of carbonyl (C=O) groups excluding carboxylic acids is 1. The van der Waals surface area contributed by atoms with Crippen molar-refractivity contribution in [2.75, 3.05) is 13.2 Å². The van der Waals surface area contributed by atoms with Crippen molar-refractivity contribution < 1.29 is 9.53 Å². The van der Waals surface area contributed by atoms with Gasteiger partial charge in [-0.05, 0) is 24.8 Å². The first-order chi connectivity index (χ1) is 12.8. The Labute approximate surface area is 155 Å². The number of amides is 1. The van der Waals surface area contributed by atoms with E-state index in [0.717, 1.165) is 50.9 Å². The molecule has 1 N–H and O–H groups in total. The van der Waals surface area contributed by atoms with Gasteiger partial charge in [0.05, 0.1) is 18.9 Å². The van der Waals surface area contributed by atoms with E-state index in [-0.39, 0.29) is 5.91 Å². The maximum atomic E-state index is 12.1. The highest BCUT2D eigenvalue weighted by molar-refractivity contribution is 5.75. The number of hydrogen-bond donors (Lipinski definition) is 1. The van der Waals surface area contributed by atoms with Crippen molar-refractivity contribution in [3.8, 4) is 0 Å². The standard InChI is InChI=1S/C21H29N3O2/c1-2-14-24-20-12-15-26-16-18(20)19(23-24)11-13-22-21(25)10-6-9-17-7-4-3-5-8-17/h3-5,7-8H,2,6,9-16H2,1H3,(H,22,25). The van der Waals surface area contributed by atoms with E-state index in [1.165, 1.54) is 16.8 Å². The van der Waals surface area contributed by atoms with E-state index in [9.17, 15) is 4.79 Å². The van der Waals surface area contributed by atoms with E-state index in [2.05, 4.69) is 29.1 Å². The minimum Gasteiger partial charge on any atom is -0.376 e. The van der Waals surface area contributed by atoms with Crippen molar-refractivity contribution >= 4 is 5.91 Å². The van der Waals surface area contributed by atoms with Crippen LogP contribution in [0, 0.1) is 0 Å². The molecule has 0 unspecified atom stereocenters. The molecule has 2 heterocycles. The number of aromatic nitrogens is 2. The molecule has 1 aromatic heterocycles. The zero-order chi connectivity index (χ0) is 18.2. The lowest BCUT2D eigenvalue weighted by molar-refractivity contribution is -0.121. The molecule has 0 fully saturated rings. The van der Waals surface area contributed by atoms with Crippen LogP contribution in [0.15, 0.2) is 30.3 Å². The molecule has 5 heteroatoms. The minimum absolute atomic E-state index is 0.124. The first-order valence-electron chi connectivity index (χ1n) is 9.73. The Kier molecular flexibility index (Phi) is 6.83. The summed E-state index contributed by atoms with van der Waals surface area (Å²) < 4.78 is 7.74. The maximum absolute atomic E-state index is 12.1. The third kappa shape index (κ3) is 4.94. The van der Waals surface area contributed by atoms with Crippen LogP contribution in [0.4, 0.5) is 0 Å². The lowest BCUT2D eigenvalue weighted by Crippen LogP contribution is -2.26. The van der Waals surface area contributed by atoms with E-state index < -0.39 is 0 Å². The maximum Gasteiger partial charge on any atom is 0.220 e. The molecule has 0 aliphatic carbocycles. The van der Waals surface area contributed by atoms with Gasteiger partial charge < -0.3 is 10.1 Å². The molecule has 0 spiro atoms. The Morgan fingerprint density at radius 1 is 1.27 bits per heavy atom. The number of ether oxygens (including phenoxy) is 1. The summed E-state index contributed by atoms with van der Waals surface area (Å²) in [6.07, 6.45) is 5.18. The summed E-state index contributed by atoms with van der Waals surface area (Å²) in [6, 6.07) is 10.3. The van der Waals surface area contributed by atoms with E-state index in [0.29, 0.717) is 19.6 Å². The van der Waals surface area contributed by atoms with Crippen molar-refractivity contribution in [1.29, 1.82) is 0 Å². The molecule has 0 radical (unpaired) electrons. The van der Waals surface area contributed by atoms with Gasteiger partial charge >= 0.3 is 0 Å². The summed E-state index contributed by atoms with van der Waals surface area (Å²) in [5.74, 6) is 0.124. The van der Waals surface area contributed by atoms with Gasteiger partial charge in [0.25, 0.3) is 0 Å². The van der Waals surface area contributed by atoms with Crippen LogP contribution < -0.4 is 5.32 Å². The van der Waals surface area contributed by atoms with Crippen molar-refractivity contribution in [2.45, 2.75) is 58.6 Å². The molecular formula is C21H29N3O2. The lowest BCUT2D eigenvalue weighted by atomic mass is 10.1. The second kappa shape index (κ2) is 9.53. The molecule has 1 aromatic carbocycles. The average molecular weight is 355 g/mol. The number of aryl methyl sites for hydroxylation is 2. The van der Waals surface area contributed by atoms with Crippen LogP contribution in [0.5, 0.6) is 0 Å². The molecule has 0 atom stereocenters. The Balaban J connectivity index is 1.43. The second-order valence-corrected chi connectivity index (χ2v) is 6.84. The van der Waals surface area contributed by atoms with Gasteiger partial charge in [0, 0.05) is 43.6 Å². The van der Waals surface area contributed by atoms with Crippen molar-refractivity contribution in [3.63, 3.8) is 0 Å². The van der Waals surface area contributed by atoms with E-state index in [1.54, 1.807) is 0 Å². The van der Waals surface area contributed by atoms with Crippen LogP contribution in [-0.2, 0) is 41.9 Å². The zero-order valence-corrected chi connectivity index (χ0v) is 15.7. The van der Waals surface area contributed by atoms with Crippen LogP contribution in [-0.4, -0.2) is 28.8 Å². The smallest absolute Gasteiger partial charge is 0.220 e. The highest BCUT2D eigenvalue weighted by Gasteiger charge is 2.20. The first-order valence-corrected chi connectivity index (χ1v) is 9.73. The number of hydrogen-bond acceptors (Lipinski definition) is 3. The van der Waals surface area contributed by atoms with Gasteiger partial charge in [0.15, 0.2) is 0 Å². The number of benzene rings is 1. The Bertz CT molecular complexity index is 710. The van der Waals surface area contributed by atoms with Gasteiger partial charge in [-0.1, -0.05) is 37.3 Å². The third-order valence-corrected chi connectivity index (χ3v) is 4.81. The molecule has 0 saturated carbocycles. The van der Waals surface area contributed by atoms with E-state index in [4.69, 9.17) is 9.84 Å². The highest BCUT2D eigenvalue weighted by Crippen LogP contribution is 2.21. The van der Waals surface area contributed by atoms with Crippen LogP contribution in [0.25, 0.3) is 0 Å². The van der Waals surface area contributed by atoms with Crippen molar-refractivity contribution in [3.05, 3.63) is 52.8 Å². The second-order valence-electron chi connectivity index (χ2n) is 6.84. The minimum atomic E-state index is 0.124. The number of carbonyl (C=O) groups is 1. The summed E-state index contributed by atoms with van der Waals surface area (Å²) in [7, 11) is 0. The average Bonchev–Trinajstić information content (AvgIpc) is 3.01. The molecule has 0 saturated heterocycles. The van der Waals surface area contributed by atoms with Gasteiger partial charge in [-0.3, -0.25) is 9.48 Å². The summed E-state index contributed by atoms with van der Waals surface area (Å²) in [5, 5.41) is 7.80. The topological polar surface area (TPSA) is 56.2 Å². The molecule has 2 aromatic rings. The van der Waals surface area contributed by atoms with Gasteiger partial charge in [0.2, 0.25) is 5.91 Å². The summed E-state index contributed by atoms with van der Waals surface area (Å²) in [5.41, 5.74) is 4.93. The van der Waals surface area contributed by atoms with Crippen LogP contribution in [0.3, 0.4) is 0 Å². The molecular weight excluding hydrogens is 326 g/mol. The van der Waals surface area contributed by atoms with Gasteiger partial charge in [-0.25, -0.2) is 0 Å². The van der Waals surface area contributed by atoms with Gasteiger partial charge in [-0.2, -0.15) is 5.10 Å². The Morgan fingerprint density at radius 3 is 2.92 bits per heavy atom. The molecule has 26 heavy (non-hydrogen) atoms. The number of nitrogens with zero attached hydrogens (tertiary/aromatic N) is 2. The summed E-state index contributed by atoms with van der Waals surface area (Å²) in [4.78, 5) is 12.1. The largest absolute Gasteiger partial charge is 0.376 e. The fourth-order valence-corrected chi connectivity index (χ4v) is 3.48. The van der Waals surface area contributed by atoms with Crippen LogP contribution in [0.1, 0.15) is 48.7 Å². The molecule has 0 bridgehead atoms. The van der Waals surface area contributed by atoms with Gasteiger partial charge in [-0.15, -0.1) is 0 Å². The fourth-order valence-electron chi connectivity index (χ4n) is 3.48. The first kappa shape index (κ1) is 18.6. The number of rotatable bonds is 9. The summed E-state index contributed by atoms with van der Waals surface area (Å²) >= 11 is 0. The highest BCUT2D eigenvalue weighted by atomic mass is 16.5. The predicted molar refractivity (Wildman–Crippen MR) is 102 cm³/mol. The van der Waals surface area contributed by atoms with Crippen LogP contribution >= 0.6 is 0 Å². The van der Waals surface area contributed by atoms with E-state index in [1.807, 2.05) is 18.2 Å². The molecule has 1 aliphatic rings. The Morgan fingerprint density at radius 2 is 2.12 bits per heavy atom. The normalized spacial score (nSPS) is 13.4. The van der Waals surface area contributed by atoms with Crippen LogP contribution in [0.2, 0.25) is 0 Å². The molecule has 5 nitrogen and oxygen atoms in total. The lowest BCUT2D eigenvalue weighted by Gasteiger charge is -2.14.